The van der Waals surface area contributed by atoms with Crippen LogP contribution in [0.4, 0.5) is 4.79 Å². The summed E-state index contributed by atoms with van der Waals surface area (Å²) in [5.74, 6) is -0.857. The highest BCUT2D eigenvalue weighted by atomic mass is 32.1. The second kappa shape index (κ2) is 7.63. The summed E-state index contributed by atoms with van der Waals surface area (Å²) in [6.07, 6.45) is 2.53. The van der Waals surface area contributed by atoms with Crippen molar-refractivity contribution in [3.05, 3.63) is 22.4 Å². The van der Waals surface area contributed by atoms with Crippen LogP contribution >= 0.6 is 11.3 Å². The van der Waals surface area contributed by atoms with Gasteiger partial charge in [0.1, 0.15) is 0 Å². The SMILES string of the molecule is CCC(CC)C(NC(=O)N1CCC(C(=O)O)C1)c1cccs1. The molecular formula is C16H24N2O3S. The molecule has 2 amide bonds. The molecule has 1 fully saturated rings. The number of carboxylic acid groups (broad SMARTS) is 1. The van der Waals surface area contributed by atoms with Gasteiger partial charge in [-0.05, 0) is 23.8 Å². The second-order valence-electron chi connectivity index (χ2n) is 5.79. The zero-order valence-electron chi connectivity index (χ0n) is 13.1. The van der Waals surface area contributed by atoms with Crippen LogP contribution in [0.5, 0.6) is 0 Å². The van der Waals surface area contributed by atoms with Gasteiger partial charge in [-0.25, -0.2) is 4.79 Å². The highest BCUT2D eigenvalue weighted by Crippen LogP contribution is 2.31. The van der Waals surface area contributed by atoms with E-state index in [1.165, 1.54) is 0 Å². The number of amides is 2. The Bertz CT molecular complexity index is 499. The summed E-state index contributed by atoms with van der Waals surface area (Å²) in [5, 5.41) is 14.2. The molecule has 5 nitrogen and oxygen atoms in total. The molecule has 2 atom stereocenters. The third-order valence-electron chi connectivity index (χ3n) is 4.47. The quantitative estimate of drug-likeness (QED) is 0.843. The Morgan fingerprint density at radius 2 is 2.18 bits per heavy atom. The molecule has 0 saturated carbocycles. The van der Waals surface area contributed by atoms with E-state index < -0.39 is 11.9 Å². The number of aliphatic carboxylic acids is 1. The molecule has 1 aliphatic rings. The third-order valence-corrected chi connectivity index (χ3v) is 5.43. The van der Waals surface area contributed by atoms with Crippen molar-refractivity contribution >= 4 is 23.3 Å². The van der Waals surface area contributed by atoms with E-state index in [4.69, 9.17) is 5.11 Å². The number of carbonyl (C=O) groups is 2. The zero-order chi connectivity index (χ0) is 16.1. The van der Waals surface area contributed by atoms with Crippen molar-refractivity contribution in [1.29, 1.82) is 0 Å². The lowest BCUT2D eigenvalue weighted by Crippen LogP contribution is -2.42. The number of nitrogens with one attached hydrogen (secondary N) is 1. The summed E-state index contributed by atoms with van der Waals surface area (Å²) < 4.78 is 0. The van der Waals surface area contributed by atoms with Crippen LogP contribution in [0.15, 0.2) is 17.5 Å². The highest BCUT2D eigenvalue weighted by molar-refractivity contribution is 7.10. The summed E-state index contributed by atoms with van der Waals surface area (Å²) in [5.41, 5.74) is 0. The lowest BCUT2D eigenvalue weighted by molar-refractivity contribution is -0.141. The average Bonchev–Trinajstić information content (AvgIpc) is 3.18. The van der Waals surface area contributed by atoms with Crippen molar-refractivity contribution in [2.45, 2.75) is 39.2 Å². The molecule has 0 bridgehead atoms. The maximum atomic E-state index is 12.5. The van der Waals surface area contributed by atoms with Gasteiger partial charge in [0.25, 0.3) is 0 Å². The van der Waals surface area contributed by atoms with Crippen molar-refractivity contribution in [3.63, 3.8) is 0 Å². The predicted molar refractivity (Wildman–Crippen MR) is 87.0 cm³/mol. The van der Waals surface area contributed by atoms with Gasteiger partial charge in [0.05, 0.1) is 12.0 Å². The topological polar surface area (TPSA) is 69.6 Å². The van der Waals surface area contributed by atoms with Gasteiger partial charge in [0, 0.05) is 18.0 Å². The molecule has 1 aliphatic heterocycles. The summed E-state index contributed by atoms with van der Waals surface area (Å²) in [6, 6.07) is 3.91. The van der Waals surface area contributed by atoms with Gasteiger partial charge in [0.15, 0.2) is 0 Å². The first kappa shape index (κ1) is 16.8. The zero-order valence-corrected chi connectivity index (χ0v) is 13.9. The van der Waals surface area contributed by atoms with E-state index in [1.807, 2.05) is 11.4 Å². The van der Waals surface area contributed by atoms with E-state index in [-0.39, 0.29) is 12.1 Å². The Morgan fingerprint density at radius 3 is 2.68 bits per heavy atom. The third kappa shape index (κ3) is 3.80. The van der Waals surface area contributed by atoms with Gasteiger partial charge in [-0.15, -0.1) is 11.3 Å². The summed E-state index contributed by atoms with van der Waals surface area (Å²) in [6.45, 7) is 5.10. The molecule has 0 spiro atoms. The Morgan fingerprint density at radius 1 is 1.45 bits per heavy atom. The molecule has 22 heavy (non-hydrogen) atoms. The van der Waals surface area contributed by atoms with E-state index in [9.17, 15) is 9.59 Å². The molecule has 2 N–H and O–H groups in total. The Balaban J connectivity index is 2.04. The number of carboxylic acids is 1. The number of hydrogen-bond donors (Lipinski definition) is 2. The van der Waals surface area contributed by atoms with Crippen LogP contribution in [0.3, 0.4) is 0 Å². The van der Waals surface area contributed by atoms with E-state index in [2.05, 4.69) is 25.2 Å². The minimum absolute atomic E-state index is 0.00591. The molecule has 2 unspecified atom stereocenters. The highest BCUT2D eigenvalue weighted by Gasteiger charge is 2.33. The molecule has 2 heterocycles. The largest absolute Gasteiger partial charge is 0.481 e. The van der Waals surface area contributed by atoms with Crippen molar-refractivity contribution in [2.75, 3.05) is 13.1 Å². The monoisotopic (exact) mass is 324 g/mol. The van der Waals surface area contributed by atoms with Gasteiger partial charge in [-0.2, -0.15) is 0 Å². The van der Waals surface area contributed by atoms with Gasteiger partial charge >= 0.3 is 12.0 Å². The first-order valence-corrected chi connectivity index (χ1v) is 8.76. The number of hydrogen-bond acceptors (Lipinski definition) is 3. The first-order valence-electron chi connectivity index (χ1n) is 7.88. The van der Waals surface area contributed by atoms with Crippen LogP contribution in [-0.2, 0) is 4.79 Å². The van der Waals surface area contributed by atoms with Crippen LogP contribution in [0.2, 0.25) is 0 Å². The molecule has 6 heteroatoms. The predicted octanol–water partition coefficient (Wildman–Crippen LogP) is 3.34. The number of likely N-dealkylation sites (tertiary alicyclic amines) is 1. The average molecular weight is 324 g/mol. The second-order valence-corrected chi connectivity index (χ2v) is 6.77. The van der Waals surface area contributed by atoms with Crippen LogP contribution in [0.1, 0.15) is 44.0 Å². The molecule has 1 aromatic rings. The standard InChI is InChI=1S/C16H24N2O3S/c1-3-11(4-2)14(13-6-5-9-22-13)17-16(21)18-8-7-12(10-18)15(19)20/h5-6,9,11-12,14H,3-4,7-8,10H2,1-2H3,(H,17,21)(H,19,20). The Labute approximate surface area is 135 Å². The van der Waals surface area contributed by atoms with Crippen molar-refractivity contribution in [2.24, 2.45) is 11.8 Å². The first-order chi connectivity index (χ1) is 10.6. The molecule has 1 saturated heterocycles. The van der Waals surface area contributed by atoms with E-state index in [1.54, 1.807) is 16.2 Å². The van der Waals surface area contributed by atoms with Crippen LogP contribution in [-0.4, -0.2) is 35.1 Å². The van der Waals surface area contributed by atoms with E-state index in [0.717, 1.165) is 17.7 Å². The Kier molecular flexibility index (Phi) is 5.83. The fourth-order valence-corrected chi connectivity index (χ4v) is 3.89. The summed E-state index contributed by atoms with van der Waals surface area (Å²) >= 11 is 1.65. The number of carbonyl (C=O) groups excluding carboxylic acids is 1. The van der Waals surface area contributed by atoms with Crippen molar-refractivity contribution in [3.8, 4) is 0 Å². The van der Waals surface area contributed by atoms with Crippen LogP contribution in [0.25, 0.3) is 0 Å². The molecule has 0 aliphatic carbocycles. The van der Waals surface area contributed by atoms with Gasteiger partial charge in [-0.1, -0.05) is 32.8 Å². The number of nitrogens with zero attached hydrogens (tertiary/aromatic N) is 1. The molecule has 122 valence electrons. The molecule has 1 aromatic heterocycles. The maximum absolute atomic E-state index is 12.5. The van der Waals surface area contributed by atoms with Crippen molar-refractivity contribution < 1.29 is 14.7 Å². The minimum Gasteiger partial charge on any atom is -0.481 e. The van der Waals surface area contributed by atoms with Gasteiger partial charge < -0.3 is 15.3 Å². The number of thiophene rings is 1. The fraction of sp³-hybridized carbons (Fsp3) is 0.625. The maximum Gasteiger partial charge on any atom is 0.317 e. The number of urea groups is 1. The lowest BCUT2D eigenvalue weighted by Gasteiger charge is -2.28. The van der Waals surface area contributed by atoms with Crippen LogP contribution < -0.4 is 5.32 Å². The normalized spacial score (nSPS) is 19.4. The van der Waals surface area contributed by atoms with Gasteiger partial charge in [0.2, 0.25) is 0 Å². The van der Waals surface area contributed by atoms with Crippen LogP contribution in [0, 0.1) is 11.8 Å². The molecule has 0 aromatic carbocycles. The minimum atomic E-state index is -0.815. The molecule has 0 radical (unpaired) electrons. The van der Waals surface area contributed by atoms with E-state index in [0.29, 0.717) is 25.4 Å². The smallest absolute Gasteiger partial charge is 0.317 e. The molecular weight excluding hydrogens is 300 g/mol. The Hall–Kier alpha value is -1.56. The molecule has 2 rings (SSSR count). The summed E-state index contributed by atoms with van der Waals surface area (Å²) in [7, 11) is 0. The van der Waals surface area contributed by atoms with E-state index >= 15 is 0 Å². The fourth-order valence-electron chi connectivity index (χ4n) is 3.02. The lowest BCUT2D eigenvalue weighted by atomic mass is 9.93. The number of rotatable bonds is 6. The van der Waals surface area contributed by atoms with Gasteiger partial charge in [-0.3, -0.25) is 4.79 Å². The summed E-state index contributed by atoms with van der Waals surface area (Å²) in [4.78, 5) is 26.3. The van der Waals surface area contributed by atoms with Crippen molar-refractivity contribution in [1.82, 2.24) is 10.2 Å².